The molecule has 2 heterocycles. The highest BCUT2D eigenvalue weighted by Gasteiger charge is 2.26. The van der Waals surface area contributed by atoms with Crippen LogP contribution < -0.4 is 5.32 Å². The summed E-state index contributed by atoms with van der Waals surface area (Å²) in [6, 6.07) is 13.4. The van der Waals surface area contributed by atoms with E-state index >= 15 is 0 Å². The third-order valence-electron chi connectivity index (χ3n) is 5.18. The second kappa shape index (κ2) is 8.44. The van der Waals surface area contributed by atoms with E-state index in [2.05, 4.69) is 15.6 Å². The number of amides is 2. The summed E-state index contributed by atoms with van der Waals surface area (Å²) in [5, 5.41) is 10.9. The first-order valence-electron chi connectivity index (χ1n) is 9.85. The predicted octanol–water partition coefficient (Wildman–Crippen LogP) is 2.75. The van der Waals surface area contributed by atoms with Crippen molar-refractivity contribution < 1.29 is 14.0 Å². The number of aromatic nitrogens is 3. The van der Waals surface area contributed by atoms with E-state index in [1.165, 1.54) is 23.0 Å². The van der Waals surface area contributed by atoms with Gasteiger partial charge in [0.05, 0.1) is 11.9 Å². The van der Waals surface area contributed by atoms with Crippen LogP contribution in [0.2, 0.25) is 0 Å². The second-order valence-corrected chi connectivity index (χ2v) is 7.44. The molecule has 3 aromatic rings. The number of aryl methyl sites for hydroxylation is 1. The summed E-state index contributed by atoms with van der Waals surface area (Å²) >= 11 is 0. The maximum Gasteiger partial charge on any atom is 0.276 e. The molecule has 1 fully saturated rings. The molecule has 7 nitrogen and oxygen atoms in total. The minimum atomic E-state index is -0.384. The number of piperidine rings is 1. The second-order valence-electron chi connectivity index (χ2n) is 7.44. The van der Waals surface area contributed by atoms with E-state index < -0.39 is 0 Å². The lowest BCUT2D eigenvalue weighted by atomic mass is 10.0. The molecule has 0 spiro atoms. The van der Waals surface area contributed by atoms with E-state index in [0.717, 1.165) is 5.56 Å². The Morgan fingerprint density at radius 1 is 1.10 bits per heavy atom. The lowest BCUT2D eigenvalue weighted by Gasteiger charge is -2.31. The highest BCUT2D eigenvalue weighted by molar-refractivity contribution is 5.94. The lowest BCUT2D eigenvalue weighted by Crippen LogP contribution is -2.46. The van der Waals surface area contributed by atoms with Crippen molar-refractivity contribution in [2.24, 2.45) is 0 Å². The van der Waals surface area contributed by atoms with Crippen LogP contribution in [0.3, 0.4) is 0 Å². The molecule has 1 aliphatic heterocycles. The topological polar surface area (TPSA) is 80.1 Å². The zero-order chi connectivity index (χ0) is 21.1. The molecule has 0 unspecified atom stereocenters. The molecule has 2 aromatic carbocycles. The average Bonchev–Trinajstić information content (AvgIpc) is 3.24. The lowest BCUT2D eigenvalue weighted by molar-refractivity contribution is 0.0692. The van der Waals surface area contributed by atoms with Crippen LogP contribution in [0.4, 0.5) is 4.39 Å². The molecule has 1 aliphatic rings. The average molecular weight is 407 g/mol. The number of halogens is 1. The van der Waals surface area contributed by atoms with Crippen molar-refractivity contribution in [1.29, 1.82) is 0 Å². The number of benzene rings is 2. The first-order chi connectivity index (χ1) is 14.5. The van der Waals surface area contributed by atoms with Crippen molar-refractivity contribution in [3.05, 3.63) is 77.4 Å². The van der Waals surface area contributed by atoms with Gasteiger partial charge in [0.2, 0.25) is 0 Å². The maximum atomic E-state index is 13.4. The number of likely N-dealkylation sites (tertiary alicyclic amines) is 1. The molecule has 0 radical (unpaired) electrons. The summed E-state index contributed by atoms with van der Waals surface area (Å²) in [5.41, 5.74) is 2.39. The number of hydrogen-bond acceptors (Lipinski definition) is 4. The molecule has 1 saturated heterocycles. The fourth-order valence-electron chi connectivity index (χ4n) is 3.55. The smallest absolute Gasteiger partial charge is 0.276 e. The summed E-state index contributed by atoms with van der Waals surface area (Å²) in [7, 11) is 0. The Morgan fingerprint density at radius 3 is 2.60 bits per heavy atom. The van der Waals surface area contributed by atoms with Crippen LogP contribution in [-0.4, -0.2) is 50.8 Å². The van der Waals surface area contributed by atoms with E-state index in [-0.39, 0.29) is 29.4 Å². The van der Waals surface area contributed by atoms with Crippen LogP contribution in [-0.2, 0) is 0 Å². The van der Waals surface area contributed by atoms with Gasteiger partial charge in [-0.3, -0.25) is 9.59 Å². The number of carbonyl (C=O) groups is 2. The first kappa shape index (κ1) is 19.8. The standard InChI is InChI=1S/C22H22FN5O2/c1-15-4-2-5-16(12-15)21(29)24-18-8-10-27(11-9-18)22(30)20-14-28(26-25-20)19-7-3-6-17(23)13-19/h2-7,12-14,18H,8-11H2,1H3,(H,24,29). The Morgan fingerprint density at radius 2 is 1.87 bits per heavy atom. The van der Waals surface area contributed by atoms with E-state index in [0.29, 0.717) is 37.2 Å². The SMILES string of the molecule is Cc1cccc(C(=O)NC2CCN(C(=O)c3cn(-c4cccc(F)c4)nn3)CC2)c1. The molecule has 8 heteroatoms. The molecule has 2 amide bonds. The van der Waals surface area contributed by atoms with Gasteiger partial charge in [-0.1, -0.05) is 29.0 Å². The summed E-state index contributed by atoms with van der Waals surface area (Å²) in [4.78, 5) is 26.9. The molecule has 0 atom stereocenters. The van der Waals surface area contributed by atoms with E-state index in [1.54, 1.807) is 23.1 Å². The predicted molar refractivity (Wildman–Crippen MR) is 109 cm³/mol. The molecule has 0 bridgehead atoms. The van der Waals surface area contributed by atoms with Crippen molar-refractivity contribution in [2.75, 3.05) is 13.1 Å². The molecule has 4 rings (SSSR count). The zero-order valence-corrected chi connectivity index (χ0v) is 16.6. The molecule has 0 saturated carbocycles. The third-order valence-corrected chi connectivity index (χ3v) is 5.18. The summed E-state index contributed by atoms with van der Waals surface area (Å²) in [5.74, 6) is -0.701. The minimum Gasteiger partial charge on any atom is -0.349 e. The summed E-state index contributed by atoms with van der Waals surface area (Å²) in [6.45, 7) is 2.99. The van der Waals surface area contributed by atoms with E-state index in [1.807, 2.05) is 25.1 Å². The third kappa shape index (κ3) is 4.37. The van der Waals surface area contributed by atoms with Crippen molar-refractivity contribution in [2.45, 2.75) is 25.8 Å². The van der Waals surface area contributed by atoms with Crippen molar-refractivity contribution in [3.63, 3.8) is 0 Å². The van der Waals surface area contributed by atoms with Gasteiger partial charge in [0, 0.05) is 24.7 Å². The van der Waals surface area contributed by atoms with Crippen molar-refractivity contribution in [3.8, 4) is 5.69 Å². The Balaban J connectivity index is 1.34. The number of hydrogen-bond donors (Lipinski definition) is 1. The van der Waals surface area contributed by atoms with Gasteiger partial charge in [-0.2, -0.15) is 0 Å². The fraction of sp³-hybridized carbons (Fsp3) is 0.273. The van der Waals surface area contributed by atoms with E-state index in [4.69, 9.17) is 0 Å². The van der Waals surface area contributed by atoms with Crippen LogP contribution >= 0.6 is 0 Å². The minimum absolute atomic E-state index is 0.0186. The number of nitrogens with zero attached hydrogens (tertiary/aromatic N) is 4. The molecule has 0 aliphatic carbocycles. The van der Waals surface area contributed by atoms with Crippen LogP contribution in [0.25, 0.3) is 5.69 Å². The molecule has 1 aromatic heterocycles. The summed E-state index contributed by atoms with van der Waals surface area (Å²) < 4.78 is 14.8. The molecule has 30 heavy (non-hydrogen) atoms. The first-order valence-corrected chi connectivity index (χ1v) is 9.85. The quantitative estimate of drug-likeness (QED) is 0.721. The Hall–Kier alpha value is -3.55. The van der Waals surface area contributed by atoms with Gasteiger partial charge in [-0.15, -0.1) is 5.10 Å². The van der Waals surface area contributed by atoms with Crippen LogP contribution in [0, 0.1) is 12.7 Å². The molecule has 154 valence electrons. The maximum absolute atomic E-state index is 13.4. The molecular formula is C22H22FN5O2. The fourth-order valence-corrected chi connectivity index (χ4v) is 3.55. The zero-order valence-electron chi connectivity index (χ0n) is 16.6. The van der Waals surface area contributed by atoms with Gasteiger partial charge < -0.3 is 10.2 Å². The monoisotopic (exact) mass is 407 g/mol. The normalized spacial score (nSPS) is 14.5. The van der Waals surface area contributed by atoms with Gasteiger partial charge in [0.1, 0.15) is 5.82 Å². The Labute approximate surface area is 173 Å². The number of carbonyl (C=O) groups excluding carboxylic acids is 2. The Bertz CT molecular complexity index is 1070. The van der Waals surface area contributed by atoms with Crippen molar-refractivity contribution in [1.82, 2.24) is 25.2 Å². The number of nitrogens with one attached hydrogen (secondary N) is 1. The van der Waals surface area contributed by atoms with Gasteiger partial charge in [0.15, 0.2) is 5.69 Å². The van der Waals surface area contributed by atoms with Crippen molar-refractivity contribution >= 4 is 11.8 Å². The molecular weight excluding hydrogens is 385 g/mol. The van der Waals surface area contributed by atoms with Gasteiger partial charge in [0.25, 0.3) is 11.8 Å². The van der Waals surface area contributed by atoms with Crippen LogP contribution in [0.5, 0.6) is 0 Å². The van der Waals surface area contributed by atoms with Crippen LogP contribution in [0.15, 0.2) is 54.7 Å². The largest absolute Gasteiger partial charge is 0.349 e. The number of rotatable bonds is 4. The molecule has 1 N–H and O–H groups in total. The van der Waals surface area contributed by atoms with Gasteiger partial charge >= 0.3 is 0 Å². The Kier molecular flexibility index (Phi) is 5.56. The van der Waals surface area contributed by atoms with Gasteiger partial charge in [-0.25, -0.2) is 9.07 Å². The highest BCUT2D eigenvalue weighted by Crippen LogP contribution is 2.15. The summed E-state index contributed by atoms with van der Waals surface area (Å²) in [6.07, 6.45) is 2.84. The van der Waals surface area contributed by atoms with Gasteiger partial charge in [-0.05, 0) is 50.1 Å². The van der Waals surface area contributed by atoms with E-state index in [9.17, 15) is 14.0 Å². The highest BCUT2D eigenvalue weighted by atomic mass is 19.1. The van der Waals surface area contributed by atoms with Crippen LogP contribution in [0.1, 0.15) is 39.3 Å².